The van der Waals surface area contributed by atoms with E-state index < -0.39 is 0 Å². The Morgan fingerprint density at radius 3 is 2.78 bits per heavy atom. The summed E-state index contributed by atoms with van der Waals surface area (Å²) in [5.41, 5.74) is 5.23. The topological polar surface area (TPSA) is 30.7 Å². The van der Waals surface area contributed by atoms with E-state index in [1.165, 1.54) is 27.1 Å². The van der Waals surface area contributed by atoms with E-state index in [-0.39, 0.29) is 0 Å². The molecule has 0 aliphatic carbocycles. The first-order valence-corrected chi connectivity index (χ1v) is 9.61. The minimum atomic E-state index is 0.914. The molecule has 0 aliphatic heterocycles. The van der Waals surface area contributed by atoms with Gasteiger partial charge < -0.3 is 4.57 Å². The van der Waals surface area contributed by atoms with Crippen LogP contribution in [0.25, 0.3) is 11.4 Å². The number of aryl methyl sites for hydroxylation is 2. The van der Waals surface area contributed by atoms with Crippen molar-refractivity contribution >= 4 is 23.1 Å². The van der Waals surface area contributed by atoms with Crippen LogP contribution in [-0.2, 0) is 19.2 Å². The summed E-state index contributed by atoms with van der Waals surface area (Å²) in [7, 11) is 2.06. The second kappa shape index (κ2) is 6.89. The maximum absolute atomic E-state index is 4.44. The molecule has 0 spiro atoms. The fourth-order valence-corrected chi connectivity index (χ4v) is 4.52. The zero-order valence-electron chi connectivity index (χ0n) is 14.0. The van der Waals surface area contributed by atoms with Crippen LogP contribution in [0, 0.1) is 13.8 Å². The molecule has 0 aliphatic rings. The van der Waals surface area contributed by atoms with E-state index in [0.29, 0.717) is 0 Å². The first-order chi connectivity index (χ1) is 11.1. The lowest BCUT2D eigenvalue weighted by Crippen LogP contribution is -1.96. The van der Waals surface area contributed by atoms with Crippen LogP contribution in [-0.4, -0.2) is 14.8 Å². The van der Waals surface area contributed by atoms with Crippen LogP contribution in [0.15, 0.2) is 34.8 Å². The van der Waals surface area contributed by atoms with E-state index in [0.717, 1.165) is 23.2 Å². The van der Waals surface area contributed by atoms with Crippen LogP contribution in [0.3, 0.4) is 0 Å². The Bertz CT molecular complexity index is 818. The fourth-order valence-electron chi connectivity index (χ4n) is 2.73. The molecule has 2 aromatic heterocycles. The Morgan fingerprint density at radius 2 is 2.04 bits per heavy atom. The molecule has 2 heterocycles. The Balaban J connectivity index is 1.82. The van der Waals surface area contributed by atoms with Crippen LogP contribution >= 0.6 is 23.1 Å². The van der Waals surface area contributed by atoms with Crippen molar-refractivity contribution in [3.05, 3.63) is 51.2 Å². The predicted octanol–water partition coefficient (Wildman–Crippen LogP) is 5.02. The second-order valence-electron chi connectivity index (χ2n) is 5.68. The normalized spacial score (nSPS) is 11.1. The van der Waals surface area contributed by atoms with Crippen molar-refractivity contribution in [3.8, 4) is 11.4 Å². The Labute approximate surface area is 145 Å². The molecule has 120 valence electrons. The third kappa shape index (κ3) is 3.35. The first kappa shape index (κ1) is 16.3. The standard InChI is InChI=1S/C18H21N3S2/c1-5-15-13(3)22-11-16(15)17-19-20-18(21(17)4)23-10-14-8-6-7-12(2)9-14/h6-9,11H,5,10H2,1-4H3. The zero-order chi connectivity index (χ0) is 16.4. The van der Waals surface area contributed by atoms with E-state index >= 15 is 0 Å². The highest BCUT2D eigenvalue weighted by molar-refractivity contribution is 7.98. The number of benzene rings is 1. The lowest BCUT2D eigenvalue weighted by Gasteiger charge is -2.05. The van der Waals surface area contributed by atoms with E-state index in [9.17, 15) is 0 Å². The second-order valence-corrected chi connectivity index (χ2v) is 7.71. The maximum Gasteiger partial charge on any atom is 0.191 e. The van der Waals surface area contributed by atoms with Crippen molar-refractivity contribution in [2.45, 2.75) is 38.1 Å². The lowest BCUT2D eigenvalue weighted by molar-refractivity contribution is 0.793. The first-order valence-electron chi connectivity index (χ1n) is 7.75. The smallest absolute Gasteiger partial charge is 0.191 e. The van der Waals surface area contributed by atoms with Gasteiger partial charge in [-0.1, -0.05) is 48.5 Å². The minimum Gasteiger partial charge on any atom is -0.305 e. The summed E-state index contributed by atoms with van der Waals surface area (Å²) in [4.78, 5) is 1.37. The van der Waals surface area contributed by atoms with Crippen LogP contribution in [0.5, 0.6) is 0 Å². The molecule has 0 amide bonds. The van der Waals surface area contributed by atoms with Crippen LogP contribution in [0.4, 0.5) is 0 Å². The van der Waals surface area contributed by atoms with E-state index in [2.05, 4.69) is 72.2 Å². The monoisotopic (exact) mass is 343 g/mol. The van der Waals surface area contributed by atoms with Crippen molar-refractivity contribution in [3.63, 3.8) is 0 Å². The Hall–Kier alpha value is -1.59. The fraction of sp³-hybridized carbons (Fsp3) is 0.333. The predicted molar refractivity (Wildman–Crippen MR) is 99.2 cm³/mol. The number of hydrogen-bond acceptors (Lipinski definition) is 4. The van der Waals surface area contributed by atoms with Gasteiger partial charge in [-0.3, -0.25) is 0 Å². The van der Waals surface area contributed by atoms with Crippen molar-refractivity contribution in [1.29, 1.82) is 0 Å². The van der Waals surface area contributed by atoms with E-state index in [1.54, 1.807) is 23.1 Å². The summed E-state index contributed by atoms with van der Waals surface area (Å²) in [5, 5.41) is 12.0. The van der Waals surface area contributed by atoms with Gasteiger partial charge in [0.25, 0.3) is 0 Å². The molecule has 0 atom stereocenters. The molecular weight excluding hydrogens is 322 g/mol. The van der Waals surface area contributed by atoms with Gasteiger partial charge in [-0.05, 0) is 31.4 Å². The third-order valence-electron chi connectivity index (χ3n) is 3.98. The van der Waals surface area contributed by atoms with Gasteiger partial charge in [0.05, 0.1) is 0 Å². The molecule has 3 aromatic rings. The summed E-state index contributed by atoms with van der Waals surface area (Å²) in [5.74, 6) is 1.88. The van der Waals surface area contributed by atoms with Crippen molar-refractivity contribution in [2.24, 2.45) is 7.05 Å². The molecule has 1 aromatic carbocycles. The van der Waals surface area contributed by atoms with Gasteiger partial charge in [0, 0.05) is 28.6 Å². The summed E-state index contributed by atoms with van der Waals surface area (Å²) in [6.45, 7) is 6.50. The minimum absolute atomic E-state index is 0.914. The van der Waals surface area contributed by atoms with Crippen molar-refractivity contribution in [1.82, 2.24) is 14.8 Å². The van der Waals surface area contributed by atoms with Gasteiger partial charge in [-0.2, -0.15) is 0 Å². The van der Waals surface area contributed by atoms with Gasteiger partial charge >= 0.3 is 0 Å². The van der Waals surface area contributed by atoms with Crippen LogP contribution in [0.2, 0.25) is 0 Å². The molecule has 0 fully saturated rings. The average molecular weight is 344 g/mol. The van der Waals surface area contributed by atoms with Gasteiger partial charge in [0.2, 0.25) is 0 Å². The number of rotatable bonds is 5. The number of thioether (sulfide) groups is 1. The van der Waals surface area contributed by atoms with Gasteiger partial charge in [-0.25, -0.2) is 0 Å². The molecule has 5 heteroatoms. The van der Waals surface area contributed by atoms with Gasteiger partial charge in [-0.15, -0.1) is 21.5 Å². The highest BCUT2D eigenvalue weighted by Crippen LogP contribution is 2.32. The SMILES string of the molecule is CCc1c(-c2nnc(SCc3cccc(C)c3)n2C)csc1C. The Morgan fingerprint density at radius 1 is 1.22 bits per heavy atom. The molecule has 0 unspecified atom stereocenters. The number of aromatic nitrogens is 3. The average Bonchev–Trinajstić information content (AvgIpc) is 3.08. The third-order valence-corrected chi connectivity index (χ3v) is 6.03. The molecule has 3 rings (SSSR count). The van der Waals surface area contributed by atoms with Crippen LogP contribution < -0.4 is 0 Å². The van der Waals surface area contributed by atoms with Gasteiger partial charge in [0.1, 0.15) is 0 Å². The summed E-state index contributed by atoms with van der Waals surface area (Å²) < 4.78 is 2.11. The zero-order valence-corrected chi connectivity index (χ0v) is 15.6. The van der Waals surface area contributed by atoms with Crippen molar-refractivity contribution < 1.29 is 0 Å². The number of thiophene rings is 1. The molecule has 23 heavy (non-hydrogen) atoms. The summed E-state index contributed by atoms with van der Waals surface area (Å²) >= 11 is 3.53. The van der Waals surface area contributed by atoms with Crippen LogP contribution in [0.1, 0.15) is 28.5 Å². The van der Waals surface area contributed by atoms with E-state index in [1.807, 2.05) is 0 Å². The lowest BCUT2D eigenvalue weighted by atomic mass is 10.1. The number of nitrogens with zero attached hydrogens (tertiary/aromatic N) is 3. The Kier molecular flexibility index (Phi) is 4.87. The summed E-state index contributed by atoms with van der Waals surface area (Å²) in [6.07, 6.45) is 1.03. The molecule has 0 N–H and O–H groups in total. The van der Waals surface area contributed by atoms with Gasteiger partial charge in [0.15, 0.2) is 11.0 Å². The molecular formula is C18H21N3S2. The summed E-state index contributed by atoms with van der Waals surface area (Å²) in [6, 6.07) is 8.62. The van der Waals surface area contributed by atoms with Crippen molar-refractivity contribution in [2.75, 3.05) is 0 Å². The molecule has 0 radical (unpaired) electrons. The van der Waals surface area contributed by atoms with E-state index in [4.69, 9.17) is 0 Å². The maximum atomic E-state index is 4.44. The highest BCUT2D eigenvalue weighted by atomic mass is 32.2. The molecule has 0 bridgehead atoms. The molecule has 0 saturated heterocycles. The largest absolute Gasteiger partial charge is 0.305 e. The molecule has 3 nitrogen and oxygen atoms in total. The quantitative estimate of drug-likeness (QED) is 0.610. The number of hydrogen-bond donors (Lipinski definition) is 0. The highest BCUT2D eigenvalue weighted by Gasteiger charge is 2.16. The molecule has 0 saturated carbocycles.